The summed E-state index contributed by atoms with van der Waals surface area (Å²) >= 11 is 3.33. The third-order valence-corrected chi connectivity index (χ3v) is 4.49. The van der Waals surface area contributed by atoms with Gasteiger partial charge >= 0.3 is 0 Å². The SMILES string of the molecule is Cc1nc(N)sc1SC/C=C/c1ccccc1. The summed E-state index contributed by atoms with van der Waals surface area (Å²) in [5.41, 5.74) is 7.91. The van der Waals surface area contributed by atoms with Crippen LogP contribution in [-0.2, 0) is 0 Å². The standard InChI is InChI=1S/C13H14N2S2/c1-10-12(17-13(14)15-10)16-9-5-8-11-6-3-2-4-7-11/h2-8H,9H2,1H3,(H2,14,15)/b8-5+. The molecule has 0 aliphatic rings. The van der Waals surface area contributed by atoms with E-state index in [0.717, 1.165) is 11.4 Å². The van der Waals surface area contributed by atoms with Crippen LogP contribution in [0.25, 0.3) is 6.08 Å². The number of anilines is 1. The summed E-state index contributed by atoms with van der Waals surface area (Å²) in [6.07, 6.45) is 4.29. The number of rotatable bonds is 4. The largest absolute Gasteiger partial charge is 0.375 e. The molecule has 0 bridgehead atoms. The molecule has 0 spiro atoms. The normalized spacial score (nSPS) is 11.1. The summed E-state index contributed by atoms with van der Waals surface area (Å²) in [7, 11) is 0. The summed E-state index contributed by atoms with van der Waals surface area (Å²) in [6.45, 7) is 2.00. The predicted octanol–water partition coefficient (Wildman–Crippen LogP) is 3.84. The van der Waals surface area contributed by atoms with E-state index in [4.69, 9.17) is 5.73 Å². The van der Waals surface area contributed by atoms with E-state index in [1.54, 1.807) is 23.1 Å². The molecule has 0 saturated heterocycles. The van der Waals surface area contributed by atoms with Crippen molar-refractivity contribution in [1.82, 2.24) is 4.98 Å². The van der Waals surface area contributed by atoms with Gasteiger partial charge in [-0.3, -0.25) is 0 Å². The second-order valence-electron chi connectivity index (χ2n) is 3.55. The molecule has 0 aliphatic carbocycles. The summed E-state index contributed by atoms with van der Waals surface area (Å²) in [6, 6.07) is 10.3. The molecule has 17 heavy (non-hydrogen) atoms. The Balaban J connectivity index is 1.88. The Kier molecular flexibility index (Phi) is 4.23. The molecule has 88 valence electrons. The fraction of sp³-hybridized carbons (Fsp3) is 0.154. The van der Waals surface area contributed by atoms with Gasteiger partial charge in [0.15, 0.2) is 5.13 Å². The van der Waals surface area contributed by atoms with Crippen molar-refractivity contribution in [2.24, 2.45) is 0 Å². The first kappa shape index (κ1) is 12.2. The zero-order chi connectivity index (χ0) is 12.1. The Labute approximate surface area is 110 Å². The summed E-state index contributed by atoms with van der Waals surface area (Å²) < 4.78 is 1.21. The third-order valence-electron chi connectivity index (χ3n) is 2.19. The minimum Gasteiger partial charge on any atom is -0.375 e. The molecule has 1 aromatic heterocycles. The van der Waals surface area contributed by atoms with Crippen LogP contribution < -0.4 is 5.73 Å². The second-order valence-corrected chi connectivity index (χ2v) is 5.87. The number of benzene rings is 1. The maximum Gasteiger partial charge on any atom is 0.181 e. The Morgan fingerprint density at radius 3 is 2.76 bits per heavy atom. The number of thioether (sulfide) groups is 1. The lowest BCUT2D eigenvalue weighted by atomic mass is 10.2. The van der Waals surface area contributed by atoms with Gasteiger partial charge in [-0.25, -0.2) is 4.98 Å². The number of aromatic nitrogens is 1. The molecule has 0 atom stereocenters. The zero-order valence-electron chi connectivity index (χ0n) is 9.59. The second kappa shape index (κ2) is 5.89. The number of hydrogen-bond donors (Lipinski definition) is 1. The number of thiazole rings is 1. The molecule has 0 fully saturated rings. The monoisotopic (exact) mass is 262 g/mol. The van der Waals surface area contributed by atoms with E-state index >= 15 is 0 Å². The maximum atomic E-state index is 5.65. The van der Waals surface area contributed by atoms with Crippen LogP contribution in [0.3, 0.4) is 0 Å². The Bertz CT molecular complexity index is 503. The zero-order valence-corrected chi connectivity index (χ0v) is 11.2. The van der Waals surface area contributed by atoms with E-state index in [1.807, 2.05) is 25.1 Å². The first-order valence-electron chi connectivity index (χ1n) is 5.33. The van der Waals surface area contributed by atoms with E-state index in [1.165, 1.54) is 9.77 Å². The molecule has 2 rings (SSSR count). The molecule has 2 aromatic rings. The average molecular weight is 262 g/mol. The van der Waals surface area contributed by atoms with Crippen LogP contribution in [0, 0.1) is 6.92 Å². The van der Waals surface area contributed by atoms with E-state index in [-0.39, 0.29) is 0 Å². The predicted molar refractivity (Wildman–Crippen MR) is 77.5 cm³/mol. The summed E-state index contributed by atoms with van der Waals surface area (Å²) in [5, 5.41) is 0.650. The van der Waals surface area contributed by atoms with Crippen molar-refractivity contribution in [2.45, 2.75) is 11.1 Å². The molecule has 0 amide bonds. The van der Waals surface area contributed by atoms with Gasteiger partial charge in [0, 0.05) is 5.75 Å². The minimum atomic E-state index is 0.650. The van der Waals surface area contributed by atoms with Gasteiger partial charge in [0.1, 0.15) is 0 Å². The van der Waals surface area contributed by atoms with Crippen LogP contribution in [0.5, 0.6) is 0 Å². The Morgan fingerprint density at radius 2 is 2.12 bits per heavy atom. The summed E-state index contributed by atoms with van der Waals surface area (Å²) in [5.74, 6) is 0.942. The third kappa shape index (κ3) is 3.61. The minimum absolute atomic E-state index is 0.650. The molecule has 0 saturated carbocycles. The van der Waals surface area contributed by atoms with Crippen LogP contribution in [0.1, 0.15) is 11.3 Å². The molecule has 0 aliphatic heterocycles. The van der Waals surface area contributed by atoms with Gasteiger partial charge in [-0.05, 0) is 12.5 Å². The van der Waals surface area contributed by atoms with Crippen molar-refractivity contribution in [3.8, 4) is 0 Å². The molecule has 2 nitrogen and oxygen atoms in total. The molecule has 0 radical (unpaired) electrons. The number of nitrogens with two attached hydrogens (primary N) is 1. The molecular formula is C13H14N2S2. The van der Waals surface area contributed by atoms with Gasteiger partial charge in [-0.2, -0.15) is 0 Å². The lowest BCUT2D eigenvalue weighted by Crippen LogP contribution is -1.80. The first-order valence-corrected chi connectivity index (χ1v) is 7.13. The number of nitrogens with zero attached hydrogens (tertiary/aromatic N) is 1. The topological polar surface area (TPSA) is 38.9 Å². The average Bonchev–Trinajstić information content (AvgIpc) is 2.65. The van der Waals surface area contributed by atoms with Gasteiger partial charge < -0.3 is 5.73 Å². The quantitative estimate of drug-likeness (QED) is 0.851. The van der Waals surface area contributed by atoms with Crippen molar-refractivity contribution in [3.63, 3.8) is 0 Å². The molecule has 2 N–H and O–H groups in total. The van der Waals surface area contributed by atoms with Crippen molar-refractivity contribution < 1.29 is 0 Å². The number of aryl methyl sites for hydroxylation is 1. The van der Waals surface area contributed by atoms with Gasteiger partial charge in [0.05, 0.1) is 9.90 Å². The van der Waals surface area contributed by atoms with Crippen LogP contribution in [-0.4, -0.2) is 10.7 Å². The number of hydrogen-bond acceptors (Lipinski definition) is 4. The van der Waals surface area contributed by atoms with E-state index in [9.17, 15) is 0 Å². The molecular weight excluding hydrogens is 248 g/mol. The van der Waals surface area contributed by atoms with Gasteiger partial charge in [-0.15, -0.1) is 11.8 Å². The highest BCUT2D eigenvalue weighted by molar-refractivity contribution is 8.01. The Hall–Kier alpha value is -1.26. The van der Waals surface area contributed by atoms with Gasteiger partial charge in [0.25, 0.3) is 0 Å². The number of nitrogen functional groups attached to an aromatic ring is 1. The first-order chi connectivity index (χ1) is 8.25. The molecule has 0 unspecified atom stereocenters. The maximum absolute atomic E-state index is 5.65. The highest BCUT2D eigenvalue weighted by Crippen LogP contribution is 2.30. The summed E-state index contributed by atoms with van der Waals surface area (Å²) in [4.78, 5) is 4.20. The van der Waals surface area contributed by atoms with Crippen LogP contribution in [0.4, 0.5) is 5.13 Å². The molecule has 1 heterocycles. The fourth-order valence-corrected chi connectivity index (χ4v) is 3.27. The van der Waals surface area contributed by atoms with Crippen molar-refractivity contribution in [3.05, 3.63) is 47.7 Å². The van der Waals surface area contributed by atoms with Crippen LogP contribution in [0.15, 0.2) is 40.6 Å². The van der Waals surface area contributed by atoms with Crippen LogP contribution in [0.2, 0.25) is 0 Å². The molecule has 1 aromatic carbocycles. The van der Waals surface area contributed by atoms with Crippen molar-refractivity contribution in [2.75, 3.05) is 11.5 Å². The van der Waals surface area contributed by atoms with Crippen molar-refractivity contribution >= 4 is 34.3 Å². The van der Waals surface area contributed by atoms with Gasteiger partial charge in [0.2, 0.25) is 0 Å². The molecule has 4 heteroatoms. The lowest BCUT2D eigenvalue weighted by Gasteiger charge is -1.94. The van der Waals surface area contributed by atoms with Crippen LogP contribution >= 0.6 is 23.1 Å². The Morgan fingerprint density at radius 1 is 1.35 bits per heavy atom. The highest BCUT2D eigenvalue weighted by atomic mass is 32.2. The fourth-order valence-electron chi connectivity index (χ4n) is 1.41. The lowest BCUT2D eigenvalue weighted by molar-refractivity contribution is 1.21. The van der Waals surface area contributed by atoms with E-state index in [2.05, 4.69) is 29.3 Å². The highest BCUT2D eigenvalue weighted by Gasteiger charge is 2.03. The van der Waals surface area contributed by atoms with Crippen molar-refractivity contribution in [1.29, 1.82) is 0 Å². The van der Waals surface area contributed by atoms with E-state index < -0.39 is 0 Å². The van der Waals surface area contributed by atoms with Gasteiger partial charge in [-0.1, -0.05) is 53.8 Å². The van der Waals surface area contributed by atoms with E-state index in [0.29, 0.717) is 5.13 Å². The smallest absolute Gasteiger partial charge is 0.181 e.